The molecule has 0 unspecified atom stereocenters. The van der Waals surface area contributed by atoms with Crippen molar-refractivity contribution in [2.24, 2.45) is 0 Å². The average molecular weight is 385 g/mol. The fraction of sp³-hybridized carbons (Fsp3) is 0.316. The molecule has 9 heteroatoms. The maximum absolute atomic E-state index is 13.4. The van der Waals surface area contributed by atoms with Gasteiger partial charge in [-0.25, -0.2) is 4.39 Å². The van der Waals surface area contributed by atoms with E-state index >= 15 is 0 Å². The van der Waals surface area contributed by atoms with Crippen LogP contribution in [0.15, 0.2) is 48.5 Å². The highest BCUT2D eigenvalue weighted by atomic mass is 19.1. The van der Waals surface area contributed by atoms with Gasteiger partial charge in [0.2, 0.25) is 5.95 Å². The van der Waals surface area contributed by atoms with Gasteiger partial charge in [-0.1, -0.05) is 23.3 Å². The van der Waals surface area contributed by atoms with Gasteiger partial charge in [0, 0.05) is 12.6 Å². The monoisotopic (exact) mass is 385 g/mol. The number of tetrazole rings is 1. The van der Waals surface area contributed by atoms with Crippen LogP contribution in [0.2, 0.25) is 0 Å². The smallest absolute Gasteiger partial charge is 0.250 e. The third-order valence-electron chi connectivity index (χ3n) is 4.66. The largest absolute Gasteiger partial charge is 0.493 e. The number of rotatable bonds is 5. The molecule has 0 aliphatic carbocycles. The number of aliphatic hydroxyl groups excluding tert-OH is 1. The first-order chi connectivity index (χ1) is 13.7. The minimum atomic E-state index is -0.674. The van der Waals surface area contributed by atoms with Crippen molar-refractivity contribution in [2.45, 2.75) is 18.6 Å². The highest BCUT2D eigenvalue weighted by Crippen LogP contribution is 2.30. The minimum Gasteiger partial charge on any atom is -0.493 e. The second kappa shape index (κ2) is 7.81. The molecule has 0 radical (unpaired) electrons. The standard InChI is InChI=1S/C19H20FN5O3/c1-27-17-11-13(20)7-8-16(17)28-18-12-24(10-9-15(18)26)19-21-22-23-25(19)14-5-3-2-4-6-14/h2-8,11,15,18,26H,9-10,12H2,1H3/t15-,18-/m1/s1. The van der Waals surface area contributed by atoms with Gasteiger partial charge in [0.15, 0.2) is 11.5 Å². The Morgan fingerprint density at radius 2 is 1.96 bits per heavy atom. The Labute approximate surface area is 161 Å². The first-order valence-corrected chi connectivity index (χ1v) is 8.92. The van der Waals surface area contributed by atoms with E-state index < -0.39 is 18.0 Å². The molecule has 3 aromatic rings. The van der Waals surface area contributed by atoms with E-state index in [9.17, 15) is 9.50 Å². The molecule has 2 heterocycles. The Morgan fingerprint density at radius 1 is 1.14 bits per heavy atom. The van der Waals surface area contributed by atoms with Crippen molar-refractivity contribution < 1.29 is 19.0 Å². The van der Waals surface area contributed by atoms with Gasteiger partial charge in [0.25, 0.3) is 0 Å². The number of anilines is 1. The van der Waals surface area contributed by atoms with Gasteiger partial charge in [-0.3, -0.25) is 0 Å². The summed E-state index contributed by atoms with van der Waals surface area (Å²) < 4.78 is 26.2. The van der Waals surface area contributed by atoms with Crippen molar-refractivity contribution in [3.8, 4) is 17.2 Å². The first-order valence-electron chi connectivity index (χ1n) is 8.92. The molecule has 146 valence electrons. The van der Waals surface area contributed by atoms with E-state index in [1.807, 2.05) is 35.2 Å². The average Bonchev–Trinajstić information content (AvgIpc) is 3.21. The minimum absolute atomic E-state index is 0.276. The summed E-state index contributed by atoms with van der Waals surface area (Å²) in [6.07, 6.45) is -0.739. The van der Waals surface area contributed by atoms with Crippen molar-refractivity contribution in [1.82, 2.24) is 20.2 Å². The molecule has 1 fully saturated rings. The lowest BCUT2D eigenvalue weighted by Crippen LogP contribution is -2.50. The Hall–Kier alpha value is -3.20. The number of halogens is 1. The summed E-state index contributed by atoms with van der Waals surface area (Å²) in [7, 11) is 1.44. The van der Waals surface area contributed by atoms with Crippen LogP contribution >= 0.6 is 0 Å². The fourth-order valence-corrected chi connectivity index (χ4v) is 3.22. The lowest BCUT2D eigenvalue weighted by Gasteiger charge is -2.36. The van der Waals surface area contributed by atoms with Crippen LogP contribution in [-0.4, -0.2) is 57.7 Å². The third kappa shape index (κ3) is 3.61. The second-order valence-electron chi connectivity index (χ2n) is 6.48. The van der Waals surface area contributed by atoms with Gasteiger partial charge in [0.05, 0.1) is 25.4 Å². The zero-order valence-corrected chi connectivity index (χ0v) is 15.3. The molecule has 1 aromatic heterocycles. The number of benzene rings is 2. The van der Waals surface area contributed by atoms with Crippen molar-refractivity contribution in [3.63, 3.8) is 0 Å². The van der Waals surface area contributed by atoms with Crippen LogP contribution in [-0.2, 0) is 0 Å². The van der Waals surface area contributed by atoms with Gasteiger partial charge >= 0.3 is 0 Å². The van der Waals surface area contributed by atoms with Crippen molar-refractivity contribution >= 4 is 5.95 Å². The second-order valence-corrected chi connectivity index (χ2v) is 6.48. The first kappa shape index (κ1) is 18.2. The molecule has 0 spiro atoms. The predicted molar refractivity (Wildman–Crippen MR) is 99.4 cm³/mol. The molecule has 0 amide bonds. The number of piperidine rings is 1. The lowest BCUT2D eigenvalue weighted by molar-refractivity contribution is 0.0217. The molecule has 0 saturated carbocycles. The number of hydrogen-bond acceptors (Lipinski definition) is 7. The summed E-state index contributed by atoms with van der Waals surface area (Å²) in [5.74, 6) is 0.797. The Balaban J connectivity index is 1.56. The quantitative estimate of drug-likeness (QED) is 0.717. The SMILES string of the molecule is COc1cc(F)ccc1O[C@@H]1CN(c2nnnn2-c2ccccc2)CC[C@H]1O. The number of ether oxygens (including phenoxy) is 2. The molecule has 1 aliphatic heterocycles. The molecule has 1 N–H and O–H groups in total. The van der Waals surface area contributed by atoms with E-state index in [2.05, 4.69) is 15.5 Å². The van der Waals surface area contributed by atoms with E-state index in [4.69, 9.17) is 9.47 Å². The highest BCUT2D eigenvalue weighted by molar-refractivity contribution is 5.42. The molecular formula is C19H20FN5O3. The van der Waals surface area contributed by atoms with Crippen LogP contribution < -0.4 is 14.4 Å². The van der Waals surface area contributed by atoms with Gasteiger partial charge < -0.3 is 19.5 Å². The van der Waals surface area contributed by atoms with Crippen LogP contribution in [0, 0.1) is 5.82 Å². The summed E-state index contributed by atoms with van der Waals surface area (Å²) in [4.78, 5) is 1.96. The Morgan fingerprint density at radius 3 is 2.75 bits per heavy atom. The molecule has 0 bridgehead atoms. The van der Waals surface area contributed by atoms with Crippen LogP contribution in [0.1, 0.15) is 6.42 Å². The molecule has 4 rings (SSSR count). The summed E-state index contributed by atoms with van der Waals surface area (Å²) in [6.45, 7) is 0.948. The Kier molecular flexibility index (Phi) is 5.07. The maximum Gasteiger partial charge on any atom is 0.250 e. The number of methoxy groups -OCH3 is 1. The Bertz CT molecular complexity index is 936. The van der Waals surface area contributed by atoms with Crippen molar-refractivity contribution in [1.29, 1.82) is 0 Å². The van der Waals surface area contributed by atoms with Crippen LogP contribution in [0.4, 0.5) is 10.3 Å². The molecule has 1 aliphatic rings. The zero-order chi connectivity index (χ0) is 19.5. The van der Waals surface area contributed by atoms with Crippen LogP contribution in [0.5, 0.6) is 11.5 Å². The van der Waals surface area contributed by atoms with E-state index in [1.54, 1.807) is 4.68 Å². The van der Waals surface area contributed by atoms with Gasteiger partial charge in [-0.15, -0.1) is 0 Å². The molecule has 8 nitrogen and oxygen atoms in total. The van der Waals surface area contributed by atoms with E-state index in [0.717, 1.165) is 5.69 Å². The van der Waals surface area contributed by atoms with Crippen LogP contribution in [0.25, 0.3) is 5.69 Å². The number of aliphatic hydroxyl groups is 1. The molecule has 28 heavy (non-hydrogen) atoms. The molecule has 2 aromatic carbocycles. The number of nitrogens with zero attached hydrogens (tertiary/aromatic N) is 5. The lowest BCUT2D eigenvalue weighted by atomic mass is 10.1. The summed E-state index contributed by atoms with van der Waals surface area (Å²) in [6, 6.07) is 13.6. The molecule has 2 atom stereocenters. The van der Waals surface area contributed by atoms with E-state index in [0.29, 0.717) is 31.2 Å². The van der Waals surface area contributed by atoms with Gasteiger partial charge in [-0.05, 0) is 41.1 Å². The van der Waals surface area contributed by atoms with E-state index in [-0.39, 0.29) is 5.75 Å². The maximum atomic E-state index is 13.4. The summed E-state index contributed by atoms with van der Waals surface area (Å²) in [5.41, 5.74) is 0.839. The van der Waals surface area contributed by atoms with Gasteiger partial charge in [-0.2, -0.15) is 4.68 Å². The van der Waals surface area contributed by atoms with Gasteiger partial charge in [0.1, 0.15) is 11.9 Å². The zero-order valence-electron chi connectivity index (χ0n) is 15.3. The number of para-hydroxylation sites is 1. The van der Waals surface area contributed by atoms with Crippen molar-refractivity contribution in [3.05, 3.63) is 54.3 Å². The highest BCUT2D eigenvalue weighted by Gasteiger charge is 2.32. The third-order valence-corrected chi connectivity index (χ3v) is 4.66. The number of aromatic nitrogens is 4. The topological polar surface area (TPSA) is 85.5 Å². The summed E-state index contributed by atoms with van der Waals surface area (Å²) in [5, 5.41) is 22.4. The van der Waals surface area contributed by atoms with E-state index in [1.165, 1.54) is 25.3 Å². The van der Waals surface area contributed by atoms with Crippen LogP contribution in [0.3, 0.4) is 0 Å². The van der Waals surface area contributed by atoms with Crippen molar-refractivity contribution in [2.75, 3.05) is 25.1 Å². The molecular weight excluding hydrogens is 365 g/mol. The number of hydrogen-bond donors (Lipinski definition) is 1. The predicted octanol–water partition coefficient (Wildman–Crippen LogP) is 1.83. The molecule has 1 saturated heterocycles. The summed E-state index contributed by atoms with van der Waals surface area (Å²) >= 11 is 0. The normalized spacial score (nSPS) is 19.5. The fourth-order valence-electron chi connectivity index (χ4n) is 3.22.